The van der Waals surface area contributed by atoms with Crippen LogP contribution in [0.3, 0.4) is 0 Å². The molecule has 4 N–H and O–H groups in total. The number of cyclic esters (lactones) is 1. The van der Waals surface area contributed by atoms with Crippen LogP contribution in [0.1, 0.15) is 83.7 Å². The maximum atomic E-state index is 12.7. The Morgan fingerprint density at radius 2 is 1.91 bits per heavy atom. The molecule has 3 heterocycles. The highest BCUT2D eigenvalue weighted by Gasteiger charge is 2.71. The second-order valence-corrected chi connectivity index (χ2v) is 15.0. The molecule has 246 valence electrons. The normalized spacial score (nSPS) is 48.0. The molecule has 6 aliphatic rings. The number of rotatable bonds is 6. The largest absolute Gasteiger partial charge is 0.458 e. The van der Waals surface area contributed by atoms with Crippen molar-refractivity contribution in [1.82, 2.24) is 4.98 Å². The predicted octanol–water partition coefficient (Wildman–Crippen LogP) is 3.25. The fraction of sp³-hybridized carbons (Fsp3) is 0.743. The first kappa shape index (κ1) is 31.4. The lowest BCUT2D eigenvalue weighted by Gasteiger charge is -2.66. The molecule has 10 nitrogen and oxygen atoms in total. The van der Waals surface area contributed by atoms with Crippen LogP contribution < -0.4 is 0 Å². The summed E-state index contributed by atoms with van der Waals surface area (Å²) in [6.45, 7) is 4.66. The second kappa shape index (κ2) is 11.5. The first-order valence-electron chi connectivity index (χ1n) is 16.9. The van der Waals surface area contributed by atoms with Gasteiger partial charge in [-0.2, -0.15) is 0 Å². The van der Waals surface area contributed by atoms with Gasteiger partial charge in [-0.3, -0.25) is 9.98 Å². The van der Waals surface area contributed by atoms with E-state index in [1.165, 1.54) is 0 Å². The standard InChI is InChI=1S/C35H48N2O8/c1-21-31(40)28(38)16-30(44-21)45-24-6-11-33(20-36-18-23-5-3-4-14-37-23)26-7-10-32(2)25(22-15-29(39)43-19-22)9-13-35(32,42)27(26)8-12-34(33,41)17-24/h3-5,14-15,20-21,24-28,30-31,38,40-42H,6-13,16-19H2,1-2H3/t21-,24+,25+,26-,27-,28-,30+,31-,32+,33-,34+,35+/m1/s1. The summed E-state index contributed by atoms with van der Waals surface area (Å²) in [6.07, 6.45) is 8.31. The molecule has 0 radical (unpaired) electrons. The van der Waals surface area contributed by atoms with Gasteiger partial charge >= 0.3 is 5.97 Å². The summed E-state index contributed by atoms with van der Waals surface area (Å²) < 4.78 is 17.5. The van der Waals surface area contributed by atoms with Gasteiger partial charge in [-0.05, 0) is 93.7 Å². The van der Waals surface area contributed by atoms with Crippen molar-refractivity contribution in [3.05, 3.63) is 41.7 Å². The third-order valence-electron chi connectivity index (χ3n) is 12.9. The first-order valence-corrected chi connectivity index (χ1v) is 16.9. The highest BCUT2D eigenvalue weighted by molar-refractivity contribution is 5.85. The quantitative estimate of drug-likeness (QED) is 0.212. The third kappa shape index (κ3) is 5.02. The molecular formula is C35H48N2O8. The molecule has 4 aliphatic carbocycles. The van der Waals surface area contributed by atoms with Gasteiger partial charge in [0.25, 0.3) is 0 Å². The number of carbonyl (C=O) groups excluding carboxylic acids is 1. The van der Waals surface area contributed by atoms with E-state index >= 15 is 0 Å². The highest BCUT2D eigenvalue weighted by atomic mass is 16.7. The fourth-order valence-electron chi connectivity index (χ4n) is 10.6. The Kier molecular flexibility index (Phi) is 8.02. The Balaban J connectivity index is 1.17. The summed E-state index contributed by atoms with van der Waals surface area (Å²) in [4.78, 5) is 21.4. The number of aliphatic hydroxyl groups is 4. The molecule has 0 aromatic carbocycles. The van der Waals surface area contributed by atoms with Crippen molar-refractivity contribution < 1.29 is 39.4 Å². The Morgan fingerprint density at radius 1 is 1.09 bits per heavy atom. The third-order valence-corrected chi connectivity index (χ3v) is 12.9. The number of aliphatic hydroxyl groups excluding tert-OH is 2. The highest BCUT2D eigenvalue weighted by Crippen LogP contribution is 2.70. The van der Waals surface area contributed by atoms with Gasteiger partial charge in [0.2, 0.25) is 0 Å². The molecule has 2 aliphatic heterocycles. The summed E-state index contributed by atoms with van der Waals surface area (Å²) in [5, 5.41) is 45.9. The molecule has 1 saturated heterocycles. The van der Waals surface area contributed by atoms with Crippen molar-refractivity contribution in [2.24, 2.45) is 33.6 Å². The van der Waals surface area contributed by atoms with Gasteiger partial charge in [0.1, 0.15) is 12.7 Å². The van der Waals surface area contributed by atoms with Crippen LogP contribution in [0, 0.1) is 28.6 Å². The lowest BCUT2D eigenvalue weighted by atomic mass is 9.41. The molecule has 1 aromatic rings. The van der Waals surface area contributed by atoms with Crippen molar-refractivity contribution >= 4 is 12.2 Å². The van der Waals surface area contributed by atoms with Crippen molar-refractivity contribution in [2.75, 3.05) is 6.61 Å². The van der Waals surface area contributed by atoms with Crippen LogP contribution in [0.15, 0.2) is 41.0 Å². The first-order chi connectivity index (χ1) is 21.5. The molecule has 10 heteroatoms. The summed E-state index contributed by atoms with van der Waals surface area (Å²) in [5.74, 6) is -0.181. The molecule has 0 bridgehead atoms. The predicted molar refractivity (Wildman–Crippen MR) is 164 cm³/mol. The molecule has 12 atom stereocenters. The van der Waals surface area contributed by atoms with E-state index in [2.05, 4.69) is 11.9 Å². The number of pyridine rings is 1. The van der Waals surface area contributed by atoms with E-state index in [0.29, 0.717) is 51.7 Å². The van der Waals surface area contributed by atoms with Crippen LogP contribution in [-0.4, -0.2) is 86.1 Å². The van der Waals surface area contributed by atoms with Crippen molar-refractivity contribution in [3.63, 3.8) is 0 Å². The number of ether oxygens (including phenoxy) is 3. The maximum Gasteiger partial charge on any atom is 0.331 e. The van der Waals surface area contributed by atoms with Gasteiger partial charge in [-0.15, -0.1) is 0 Å². The summed E-state index contributed by atoms with van der Waals surface area (Å²) in [6, 6.07) is 5.78. The number of fused-ring (bicyclic) bond motifs is 5. The van der Waals surface area contributed by atoms with Gasteiger partial charge in [0, 0.05) is 42.2 Å². The topological polar surface area (TPSA) is 151 Å². The van der Waals surface area contributed by atoms with Crippen LogP contribution >= 0.6 is 0 Å². The van der Waals surface area contributed by atoms with E-state index in [9.17, 15) is 25.2 Å². The van der Waals surface area contributed by atoms with E-state index in [0.717, 1.165) is 30.5 Å². The van der Waals surface area contributed by atoms with Crippen molar-refractivity contribution in [2.45, 2.75) is 127 Å². The van der Waals surface area contributed by atoms with Crippen molar-refractivity contribution in [1.29, 1.82) is 0 Å². The van der Waals surface area contributed by atoms with Gasteiger partial charge in [0.05, 0.1) is 41.8 Å². The average molecular weight is 625 g/mol. The molecule has 1 aromatic heterocycles. The minimum Gasteiger partial charge on any atom is -0.458 e. The van der Waals surface area contributed by atoms with Crippen LogP contribution in [0.4, 0.5) is 0 Å². The minimum absolute atomic E-state index is 0.0157. The number of nitrogens with zero attached hydrogens (tertiary/aromatic N) is 2. The van der Waals surface area contributed by atoms with Gasteiger partial charge in [-0.1, -0.05) is 13.0 Å². The monoisotopic (exact) mass is 624 g/mol. The molecule has 7 rings (SSSR count). The lowest BCUT2D eigenvalue weighted by molar-refractivity contribution is -0.282. The van der Waals surface area contributed by atoms with E-state index in [-0.39, 0.29) is 41.7 Å². The molecule has 45 heavy (non-hydrogen) atoms. The number of carbonyl (C=O) groups is 1. The number of hydrogen-bond acceptors (Lipinski definition) is 10. The van der Waals surface area contributed by atoms with E-state index in [4.69, 9.17) is 19.2 Å². The van der Waals surface area contributed by atoms with Crippen LogP contribution in [0.25, 0.3) is 0 Å². The number of aromatic nitrogens is 1. The van der Waals surface area contributed by atoms with E-state index in [1.807, 2.05) is 24.4 Å². The minimum atomic E-state index is -1.10. The Morgan fingerprint density at radius 3 is 2.64 bits per heavy atom. The lowest BCUT2D eigenvalue weighted by Crippen LogP contribution is -2.69. The number of aliphatic imine (C=N–C) groups is 1. The summed E-state index contributed by atoms with van der Waals surface area (Å²) in [7, 11) is 0. The Labute approximate surface area is 264 Å². The van der Waals surface area contributed by atoms with Gasteiger partial charge < -0.3 is 34.6 Å². The second-order valence-electron chi connectivity index (χ2n) is 15.0. The Hall–Kier alpha value is -2.21. The van der Waals surface area contributed by atoms with Gasteiger partial charge in [0.15, 0.2) is 6.29 Å². The zero-order chi connectivity index (χ0) is 31.6. The molecule has 0 spiro atoms. The maximum absolute atomic E-state index is 12.7. The molecule has 0 amide bonds. The average Bonchev–Trinajstić information content (AvgIpc) is 3.56. The zero-order valence-electron chi connectivity index (χ0n) is 26.4. The summed E-state index contributed by atoms with van der Waals surface area (Å²) >= 11 is 0. The molecule has 5 fully saturated rings. The summed E-state index contributed by atoms with van der Waals surface area (Å²) in [5.41, 5.74) is -1.19. The van der Waals surface area contributed by atoms with Crippen molar-refractivity contribution in [3.8, 4) is 0 Å². The molecular weight excluding hydrogens is 576 g/mol. The Bertz CT molecular complexity index is 1330. The van der Waals surface area contributed by atoms with Gasteiger partial charge in [-0.25, -0.2) is 4.79 Å². The van der Waals surface area contributed by atoms with Crippen LogP contribution in [0.5, 0.6) is 0 Å². The van der Waals surface area contributed by atoms with Crippen LogP contribution in [0.2, 0.25) is 0 Å². The van der Waals surface area contributed by atoms with E-state index in [1.54, 1.807) is 19.2 Å². The fourth-order valence-corrected chi connectivity index (χ4v) is 10.6. The molecule has 4 saturated carbocycles. The number of hydrogen-bond donors (Lipinski definition) is 4. The van der Waals surface area contributed by atoms with E-state index < -0.39 is 41.2 Å². The van der Waals surface area contributed by atoms with Crippen LogP contribution in [-0.2, 0) is 25.5 Å². The molecule has 0 unspecified atom stereocenters. The number of esters is 1. The zero-order valence-corrected chi connectivity index (χ0v) is 26.4. The SMILES string of the molecule is C[C@H]1O[C@@H](O[C@H]2CC[C@@]3(C=NCc4ccccn4)[C@@H]4CC[C@@]5(C)[C@H](C6=CC(=O)OC6)CC[C@]5(O)[C@@H]4CC[C@]3(O)C2)C[C@@H](O)[C@@H]1O. The smallest absolute Gasteiger partial charge is 0.331 e.